The van der Waals surface area contributed by atoms with Gasteiger partial charge in [0.25, 0.3) is 5.91 Å². The molecule has 1 aliphatic rings. The van der Waals surface area contributed by atoms with Gasteiger partial charge in [-0.15, -0.1) is 0 Å². The zero-order chi connectivity index (χ0) is 22.5. The van der Waals surface area contributed by atoms with Gasteiger partial charge in [-0.05, 0) is 60.9 Å². The Kier molecular flexibility index (Phi) is 6.66. The number of nitrogens with one attached hydrogen (secondary N) is 2. The molecule has 0 saturated carbocycles. The molecule has 0 aromatic heterocycles. The molecule has 2 N–H and O–H groups in total. The summed E-state index contributed by atoms with van der Waals surface area (Å²) in [6.45, 7) is 0.562. The highest BCUT2D eigenvalue weighted by molar-refractivity contribution is 7.99. The number of rotatable bonds is 6. The van der Waals surface area contributed by atoms with E-state index in [1.54, 1.807) is 30.8 Å². The smallest absolute Gasteiger partial charge is 0.319 e. The van der Waals surface area contributed by atoms with E-state index in [1.807, 2.05) is 66.7 Å². The fourth-order valence-electron chi connectivity index (χ4n) is 3.55. The minimum Gasteiger partial charge on any atom is -0.497 e. The topological polar surface area (TPSA) is 70.7 Å². The molecule has 0 bridgehead atoms. The number of anilines is 2. The number of hydrogen-bond acceptors (Lipinski definition) is 4. The lowest BCUT2D eigenvalue weighted by Crippen LogP contribution is -2.30. The quantitative estimate of drug-likeness (QED) is 0.510. The first-order chi connectivity index (χ1) is 15.5. The van der Waals surface area contributed by atoms with Crippen molar-refractivity contribution in [3.63, 3.8) is 0 Å². The van der Waals surface area contributed by atoms with Gasteiger partial charge >= 0.3 is 6.03 Å². The van der Waals surface area contributed by atoms with Gasteiger partial charge in [0, 0.05) is 29.1 Å². The van der Waals surface area contributed by atoms with Crippen LogP contribution in [0.4, 0.5) is 16.2 Å². The van der Waals surface area contributed by atoms with Crippen molar-refractivity contribution in [2.45, 2.75) is 22.6 Å². The van der Waals surface area contributed by atoms with E-state index in [0.29, 0.717) is 17.8 Å². The van der Waals surface area contributed by atoms with Crippen molar-refractivity contribution < 1.29 is 14.3 Å². The molecule has 6 nitrogen and oxygen atoms in total. The number of hydrogen-bond donors (Lipinski definition) is 2. The van der Waals surface area contributed by atoms with Gasteiger partial charge in [0.1, 0.15) is 5.75 Å². The van der Waals surface area contributed by atoms with Crippen LogP contribution in [0.3, 0.4) is 0 Å². The Labute approximate surface area is 192 Å². The second-order valence-corrected chi connectivity index (χ2v) is 8.56. The van der Waals surface area contributed by atoms with Crippen molar-refractivity contribution in [1.29, 1.82) is 0 Å². The Morgan fingerprint density at radius 2 is 1.81 bits per heavy atom. The van der Waals surface area contributed by atoms with Crippen molar-refractivity contribution in [3.05, 3.63) is 77.9 Å². The molecular weight excluding hydrogens is 422 g/mol. The molecule has 3 aromatic carbocycles. The van der Waals surface area contributed by atoms with Crippen LogP contribution in [0.15, 0.2) is 76.5 Å². The summed E-state index contributed by atoms with van der Waals surface area (Å²) in [4.78, 5) is 28.7. The number of amides is 3. The molecule has 32 heavy (non-hydrogen) atoms. The molecule has 0 aliphatic carbocycles. The predicted octanol–water partition coefficient (Wildman–Crippen LogP) is 5.19. The molecule has 0 saturated heterocycles. The molecule has 0 radical (unpaired) electrons. The van der Waals surface area contributed by atoms with E-state index < -0.39 is 0 Å². The number of carbonyl (C=O) groups excluding carboxylic acids is 2. The largest absolute Gasteiger partial charge is 0.497 e. The van der Waals surface area contributed by atoms with Gasteiger partial charge < -0.3 is 20.3 Å². The van der Waals surface area contributed by atoms with Crippen LogP contribution < -0.4 is 20.3 Å². The van der Waals surface area contributed by atoms with Crippen LogP contribution in [0.2, 0.25) is 0 Å². The third-order valence-corrected chi connectivity index (χ3v) is 6.45. The van der Waals surface area contributed by atoms with Crippen molar-refractivity contribution in [3.8, 4) is 5.75 Å². The van der Waals surface area contributed by atoms with Crippen LogP contribution in [0.5, 0.6) is 5.75 Å². The molecule has 0 atom stereocenters. The van der Waals surface area contributed by atoms with E-state index in [2.05, 4.69) is 10.6 Å². The van der Waals surface area contributed by atoms with Crippen molar-refractivity contribution in [2.75, 3.05) is 30.9 Å². The Balaban J connectivity index is 1.34. The summed E-state index contributed by atoms with van der Waals surface area (Å²) < 4.78 is 5.17. The second kappa shape index (κ2) is 9.78. The standard InChI is InChI=1S/C25H25N3O3S/c1-28-21-16-18(11-14-23(21)32-22-8-4-3-7-20(22)24(28)29)27-25(30)26-15-5-6-17-9-12-19(31-2)13-10-17/h3-4,7-14,16H,5-6,15H2,1-2H3,(H2,26,27,30). The summed E-state index contributed by atoms with van der Waals surface area (Å²) in [5, 5.41) is 5.76. The van der Waals surface area contributed by atoms with Crippen LogP contribution in [-0.4, -0.2) is 32.6 Å². The Bertz CT molecular complexity index is 1130. The molecule has 1 heterocycles. The SMILES string of the molecule is COc1ccc(CCCNC(=O)Nc2ccc3c(c2)N(C)C(=O)c2ccccc2S3)cc1. The first-order valence-electron chi connectivity index (χ1n) is 10.4. The molecule has 0 fully saturated rings. The lowest BCUT2D eigenvalue weighted by Gasteiger charge is -2.18. The Morgan fingerprint density at radius 3 is 2.59 bits per heavy atom. The third kappa shape index (κ3) is 4.89. The highest BCUT2D eigenvalue weighted by Crippen LogP contribution is 2.41. The number of urea groups is 1. The molecule has 1 aliphatic heterocycles. The summed E-state index contributed by atoms with van der Waals surface area (Å²) in [5.41, 5.74) is 3.29. The molecule has 3 aromatic rings. The zero-order valence-electron chi connectivity index (χ0n) is 18.1. The number of carbonyl (C=O) groups is 2. The van der Waals surface area contributed by atoms with Gasteiger partial charge in [-0.25, -0.2) is 4.79 Å². The normalized spacial score (nSPS) is 12.4. The first-order valence-corrected chi connectivity index (χ1v) is 11.2. The van der Waals surface area contributed by atoms with E-state index >= 15 is 0 Å². The number of benzene rings is 3. The Hall–Kier alpha value is -3.45. The van der Waals surface area contributed by atoms with Crippen LogP contribution in [-0.2, 0) is 6.42 Å². The van der Waals surface area contributed by atoms with Gasteiger partial charge in [-0.1, -0.05) is 36.0 Å². The average molecular weight is 448 g/mol. The highest BCUT2D eigenvalue weighted by Gasteiger charge is 2.24. The molecule has 0 spiro atoms. The van der Waals surface area contributed by atoms with Crippen LogP contribution in [0.1, 0.15) is 22.3 Å². The van der Waals surface area contributed by atoms with Gasteiger partial charge in [-0.3, -0.25) is 4.79 Å². The van der Waals surface area contributed by atoms with E-state index in [0.717, 1.165) is 34.1 Å². The summed E-state index contributed by atoms with van der Waals surface area (Å²) in [7, 11) is 3.40. The monoisotopic (exact) mass is 447 g/mol. The third-order valence-electron chi connectivity index (χ3n) is 5.31. The van der Waals surface area contributed by atoms with Gasteiger partial charge in [-0.2, -0.15) is 0 Å². The lowest BCUT2D eigenvalue weighted by molar-refractivity contribution is 0.0990. The average Bonchev–Trinajstić information content (AvgIpc) is 2.92. The number of methoxy groups -OCH3 is 1. The second-order valence-electron chi connectivity index (χ2n) is 7.48. The molecular formula is C25H25N3O3S. The number of nitrogens with zero attached hydrogens (tertiary/aromatic N) is 1. The van der Waals surface area contributed by atoms with E-state index in [-0.39, 0.29) is 11.9 Å². The number of aryl methyl sites for hydroxylation is 1. The van der Waals surface area contributed by atoms with Crippen molar-refractivity contribution in [1.82, 2.24) is 5.32 Å². The maximum Gasteiger partial charge on any atom is 0.319 e. The minimum absolute atomic E-state index is 0.0630. The van der Waals surface area contributed by atoms with Gasteiger partial charge in [0.05, 0.1) is 18.4 Å². The fraction of sp³-hybridized carbons (Fsp3) is 0.200. The highest BCUT2D eigenvalue weighted by atomic mass is 32.2. The number of fused-ring (bicyclic) bond motifs is 2. The maximum atomic E-state index is 12.9. The molecule has 4 rings (SSSR count). The lowest BCUT2D eigenvalue weighted by atomic mass is 10.1. The number of ether oxygens (including phenoxy) is 1. The maximum absolute atomic E-state index is 12.9. The van der Waals surface area contributed by atoms with Crippen molar-refractivity contribution >= 4 is 35.1 Å². The zero-order valence-corrected chi connectivity index (χ0v) is 18.9. The van der Waals surface area contributed by atoms with Gasteiger partial charge in [0.2, 0.25) is 0 Å². The minimum atomic E-state index is -0.266. The molecule has 3 amide bonds. The van der Waals surface area contributed by atoms with Crippen molar-refractivity contribution in [2.24, 2.45) is 0 Å². The van der Waals surface area contributed by atoms with Crippen LogP contribution in [0.25, 0.3) is 0 Å². The Morgan fingerprint density at radius 1 is 1.03 bits per heavy atom. The first kappa shape index (κ1) is 21.8. The predicted molar refractivity (Wildman–Crippen MR) is 128 cm³/mol. The molecule has 164 valence electrons. The molecule has 0 unspecified atom stereocenters. The van der Waals surface area contributed by atoms with E-state index in [4.69, 9.17) is 4.74 Å². The molecule has 7 heteroatoms. The van der Waals surface area contributed by atoms with E-state index in [9.17, 15) is 9.59 Å². The van der Waals surface area contributed by atoms with Gasteiger partial charge in [0.15, 0.2) is 0 Å². The summed E-state index contributed by atoms with van der Waals surface area (Å²) in [6.07, 6.45) is 1.70. The summed E-state index contributed by atoms with van der Waals surface area (Å²) in [5.74, 6) is 0.772. The summed E-state index contributed by atoms with van der Waals surface area (Å²) in [6, 6.07) is 20.9. The van der Waals surface area contributed by atoms with Crippen LogP contribution in [0, 0.1) is 0 Å². The van der Waals surface area contributed by atoms with Crippen LogP contribution >= 0.6 is 11.8 Å². The summed E-state index contributed by atoms with van der Waals surface area (Å²) >= 11 is 1.56. The fourth-order valence-corrected chi connectivity index (χ4v) is 4.63. The van der Waals surface area contributed by atoms with E-state index in [1.165, 1.54) is 5.56 Å².